The number of rotatable bonds is 9. The zero-order valence-corrected chi connectivity index (χ0v) is 26.0. The normalized spacial score (nSPS) is 14.0. The zero-order valence-electron chi connectivity index (χ0n) is 26.0. The van der Waals surface area contributed by atoms with Gasteiger partial charge in [0.1, 0.15) is 0 Å². The minimum atomic E-state index is 0.0303. The first-order valence-corrected chi connectivity index (χ1v) is 16.5. The molecule has 0 spiro atoms. The first kappa shape index (κ1) is 28.5. The smallest absolute Gasteiger partial charge is 0.0521 e. The van der Waals surface area contributed by atoms with Crippen LogP contribution in [0.2, 0.25) is 0 Å². The molecule has 2 nitrogen and oxygen atoms in total. The van der Waals surface area contributed by atoms with Gasteiger partial charge in [0.2, 0.25) is 0 Å². The van der Waals surface area contributed by atoms with E-state index < -0.39 is 0 Å². The van der Waals surface area contributed by atoms with Gasteiger partial charge in [-0.15, -0.1) is 0 Å². The van der Waals surface area contributed by atoms with Crippen molar-refractivity contribution in [3.05, 3.63) is 185 Å². The minimum Gasteiger partial charge on any atom is -0.304 e. The number of aryl methyl sites for hydroxylation is 1. The lowest BCUT2D eigenvalue weighted by Crippen LogP contribution is -2.35. The summed E-state index contributed by atoms with van der Waals surface area (Å²) in [6.45, 7) is 1.52. The van der Waals surface area contributed by atoms with Crippen molar-refractivity contribution in [2.24, 2.45) is 0 Å². The van der Waals surface area contributed by atoms with Crippen LogP contribution in [-0.4, -0.2) is 0 Å². The summed E-state index contributed by atoms with van der Waals surface area (Å²) in [5, 5.41) is 16.0. The van der Waals surface area contributed by atoms with Crippen LogP contribution in [0.3, 0.4) is 0 Å². The molecule has 7 aromatic carbocycles. The zero-order chi connectivity index (χ0) is 30.7. The number of hydrogen-bond acceptors (Lipinski definition) is 2. The molecular formula is C44H38N2. The Kier molecular flexibility index (Phi) is 7.90. The van der Waals surface area contributed by atoms with Crippen molar-refractivity contribution in [2.75, 3.05) is 0 Å². The van der Waals surface area contributed by atoms with Crippen molar-refractivity contribution in [2.45, 2.75) is 38.0 Å². The van der Waals surface area contributed by atoms with E-state index in [0.29, 0.717) is 0 Å². The van der Waals surface area contributed by atoms with Crippen LogP contribution in [0.1, 0.15) is 51.9 Å². The second kappa shape index (κ2) is 12.8. The van der Waals surface area contributed by atoms with Crippen LogP contribution < -0.4 is 10.6 Å². The fourth-order valence-electron chi connectivity index (χ4n) is 7.45. The molecule has 1 aliphatic carbocycles. The molecule has 0 fully saturated rings. The molecule has 0 saturated heterocycles. The van der Waals surface area contributed by atoms with Gasteiger partial charge in [-0.1, -0.05) is 152 Å². The molecule has 2 heteroatoms. The predicted octanol–water partition coefficient (Wildman–Crippen LogP) is 10.5. The standard InChI is InChI=1S/C44H38N2/c1-3-15-31(16-4-1)43(45-29-41-37-23-11-7-19-33(37)27-34-20-8-12-24-38(34)41)44(32-17-5-2-6-18-32)46-30-42-39-25-13-9-21-35(39)28-36-22-10-14-26-40(36)42/h1-9,11-21,23-28,43-46H,10,22,29-30H2/t43-,44-/m1/s1. The summed E-state index contributed by atoms with van der Waals surface area (Å²) in [5.41, 5.74) is 8.11. The molecule has 8 rings (SSSR count). The molecule has 224 valence electrons. The van der Waals surface area contributed by atoms with Crippen LogP contribution in [0.5, 0.6) is 0 Å². The van der Waals surface area contributed by atoms with E-state index in [0.717, 1.165) is 25.9 Å². The molecule has 0 saturated carbocycles. The van der Waals surface area contributed by atoms with Gasteiger partial charge in [0, 0.05) is 13.1 Å². The monoisotopic (exact) mass is 594 g/mol. The first-order chi connectivity index (χ1) is 22.8. The molecule has 1 aliphatic rings. The van der Waals surface area contributed by atoms with Crippen LogP contribution in [0.4, 0.5) is 0 Å². The van der Waals surface area contributed by atoms with E-state index >= 15 is 0 Å². The molecule has 2 atom stereocenters. The Balaban J connectivity index is 1.21. The van der Waals surface area contributed by atoms with Gasteiger partial charge in [-0.25, -0.2) is 0 Å². The fourth-order valence-corrected chi connectivity index (χ4v) is 7.45. The quantitative estimate of drug-likeness (QED) is 0.163. The van der Waals surface area contributed by atoms with Crippen molar-refractivity contribution < 1.29 is 0 Å². The van der Waals surface area contributed by atoms with E-state index in [1.165, 1.54) is 65.7 Å². The van der Waals surface area contributed by atoms with Crippen LogP contribution in [0.25, 0.3) is 38.4 Å². The number of nitrogens with one attached hydrogen (secondary N) is 2. The van der Waals surface area contributed by atoms with Crippen LogP contribution in [0.15, 0.2) is 152 Å². The highest BCUT2D eigenvalue weighted by Gasteiger charge is 2.26. The molecule has 2 N–H and O–H groups in total. The van der Waals surface area contributed by atoms with Gasteiger partial charge in [0.25, 0.3) is 0 Å². The Labute approximate surface area is 271 Å². The number of fused-ring (bicyclic) bond motifs is 4. The number of hydrogen-bond donors (Lipinski definition) is 2. The average molecular weight is 595 g/mol. The Morgan fingerprint density at radius 2 is 0.935 bits per heavy atom. The summed E-state index contributed by atoms with van der Waals surface area (Å²) in [5.74, 6) is 0. The SMILES string of the molecule is C1=Cc2c(cc3ccccc3c2CN[C@H](c2ccccc2)[C@H](NCc2c3ccccc3cc3ccccc23)c2ccccc2)CC1. The summed E-state index contributed by atoms with van der Waals surface area (Å²) in [7, 11) is 0. The van der Waals surface area contributed by atoms with Gasteiger partial charge >= 0.3 is 0 Å². The second-order valence-electron chi connectivity index (χ2n) is 12.4. The number of allylic oxidation sites excluding steroid dienone is 1. The van der Waals surface area contributed by atoms with E-state index in [9.17, 15) is 0 Å². The van der Waals surface area contributed by atoms with Gasteiger partial charge in [0.15, 0.2) is 0 Å². The lowest BCUT2D eigenvalue weighted by molar-refractivity contribution is 0.382. The highest BCUT2D eigenvalue weighted by atomic mass is 15.0. The maximum atomic E-state index is 4.11. The van der Waals surface area contributed by atoms with Gasteiger partial charge in [-0.3, -0.25) is 0 Å². The predicted molar refractivity (Wildman–Crippen MR) is 195 cm³/mol. The molecule has 7 aromatic rings. The van der Waals surface area contributed by atoms with Gasteiger partial charge in [-0.2, -0.15) is 0 Å². The number of benzene rings is 7. The summed E-state index contributed by atoms with van der Waals surface area (Å²) >= 11 is 0. The molecule has 46 heavy (non-hydrogen) atoms. The molecular weight excluding hydrogens is 556 g/mol. The second-order valence-corrected chi connectivity index (χ2v) is 12.4. The van der Waals surface area contributed by atoms with E-state index in [1.807, 2.05) is 0 Å². The molecule has 0 bridgehead atoms. The summed E-state index contributed by atoms with van der Waals surface area (Å²) in [6, 6.07) is 53.1. The van der Waals surface area contributed by atoms with Crippen molar-refractivity contribution in [1.29, 1.82) is 0 Å². The molecule has 0 radical (unpaired) electrons. The first-order valence-electron chi connectivity index (χ1n) is 16.5. The van der Waals surface area contributed by atoms with E-state index in [-0.39, 0.29) is 12.1 Å². The van der Waals surface area contributed by atoms with Crippen LogP contribution in [0, 0.1) is 0 Å². The van der Waals surface area contributed by atoms with Crippen molar-refractivity contribution in [3.63, 3.8) is 0 Å². The lowest BCUT2D eigenvalue weighted by atomic mass is 9.88. The topological polar surface area (TPSA) is 24.1 Å². The third kappa shape index (κ3) is 5.51. The maximum Gasteiger partial charge on any atom is 0.0521 e. The van der Waals surface area contributed by atoms with Crippen LogP contribution in [-0.2, 0) is 19.5 Å². The average Bonchev–Trinajstić information content (AvgIpc) is 3.12. The van der Waals surface area contributed by atoms with Gasteiger partial charge in [-0.05, 0) is 84.6 Å². The van der Waals surface area contributed by atoms with Crippen molar-refractivity contribution >= 4 is 38.4 Å². The Morgan fingerprint density at radius 3 is 1.50 bits per heavy atom. The molecule has 0 aromatic heterocycles. The highest BCUT2D eigenvalue weighted by molar-refractivity contribution is 6.02. The largest absolute Gasteiger partial charge is 0.304 e. The van der Waals surface area contributed by atoms with Gasteiger partial charge < -0.3 is 10.6 Å². The summed E-state index contributed by atoms with van der Waals surface area (Å²) < 4.78 is 0. The van der Waals surface area contributed by atoms with Gasteiger partial charge in [0.05, 0.1) is 12.1 Å². The fraction of sp³-hybridized carbons (Fsp3) is 0.136. The third-order valence-electron chi connectivity index (χ3n) is 9.68. The molecule has 0 heterocycles. The summed E-state index contributed by atoms with van der Waals surface area (Å²) in [6.07, 6.45) is 6.88. The van der Waals surface area contributed by atoms with Crippen molar-refractivity contribution in [1.82, 2.24) is 10.6 Å². The van der Waals surface area contributed by atoms with Crippen LogP contribution >= 0.6 is 0 Å². The third-order valence-corrected chi connectivity index (χ3v) is 9.68. The Hall–Kier alpha value is -5.02. The Bertz CT molecular complexity index is 2110. The molecule has 0 amide bonds. The lowest BCUT2D eigenvalue weighted by Gasteiger charge is -2.31. The molecule has 0 aliphatic heterocycles. The van der Waals surface area contributed by atoms with E-state index in [4.69, 9.17) is 0 Å². The van der Waals surface area contributed by atoms with Crippen molar-refractivity contribution in [3.8, 4) is 0 Å². The summed E-state index contributed by atoms with van der Waals surface area (Å²) in [4.78, 5) is 0. The Morgan fingerprint density at radius 1 is 0.478 bits per heavy atom. The highest BCUT2D eigenvalue weighted by Crippen LogP contribution is 2.35. The maximum absolute atomic E-state index is 4.11. The minimum absolute atomic E-state index is 0.0303. The molecule has 0 unspecified atom stereocenters. The van der Waals surface area contributed by atoms with E-state index in [2.05, 4.69) is 168 Å². The van der Waals surface area contributed by atoms with E-state index in [1.54, 1.807) is 0 Å².